The molecule has 0 aliphatic rings. The van der Waals surface area contributed by atoms with Gasteiger partial charge in [-0.25, -0.2) is 8.42 Å². The zero-order chi connectivity index (χ0) is 14.1. The maximum absolute atomic E-state index is 11.6. The van der Waals surface area contributed by atoms with Crippen LogP contribution in [0.25, 0.3) is 0 Å². The van der Waals surface area contributed by atoms with Crippen LogP contribution in [0.1, 0.15) is 25.3 Å². The second kappa shape index (κ2) is 8.30. The van der Waals surface area contributed by atoms with Gasteiger partial charge in [0.15, 0.2) is 9.84 Å². The highest BCUT2D eigenvalue weighted by Gasteiger charge is 2.16. The minimum Gasteiger partial charge on any atom is -0.390 e. The first kappa shape index (κ1) is 16.1. The molecule has 0 radical (unpaired) electrons. The van der Waals surface area contributed by atoms with Crippen molar-refractivity contribution in [3.05, 3.63) is 35.9 Å². The van der Waals surface area contributed by atoms with Crippen LogP contribution in [-0.2, 0) is 21.2 Å². The molecule has 108 valence electrons. The summed E-state index contributed by atoms with van der Waals surface area (Å²) in [6.07, 6.45) is 0.519. The fraction of sp³-hybridized carbons (Fsp3) is 0.571. The molecule has 1 rings (SSSR count). The van der Waals surface area contributed by atoms with Crippen LogP contribution in [0.3, 0.4) is 0 Å². The van der Waals surface area contributed by atoms with E-state index in [0.29, 0.717) is 13.0 Å². The molecule has 0 aromatic heterocycles. The molecule has 0 saturated heterocycles. The van der Waals surface area contributed by atoms with Crippen molar-refractivity contribution in [3.63, 3.8) is 0 Å². The molecule has 0 aliphatic heterocycles. The lowest BCUT2D eigenvalue weighted by Crippen LogP contribution is -2.27. The summed E-state index contributed by atoms with van der Waals surface area (Å²) in [5.74, 6) is -0.0823. The first-order chi connectivity index (χ1) is 9.03. The van der Waals surface area contributed by atoms with Crippen molar-refractivity contribution < 1.29 is 18.3 Å². The maximum atomic E-state index is 11.6. The van der Waals surface area contributed by atoms with E-state index in [-0.39, 0.29) is 18.1 Å². The highest BCUT2D eigenvalue weighted by atomic mass is 32.2. The highest BCUT2D eigenvalue weighted by Crippen LogP contribution is 2.03. The number of sulfone groups is 1. The van der Waals surface area contributed by atoms with Gasteiger partial charge in [0.2, 0.25) is 0 Å². The second-order valence-electron chi connectivity index (χ2n) is 4.62. The molecule has 0 bridgehead atoms. The van der Waals surface area contributed by atoms with Crippen LogP contribution >= 0.6 is 0 Å². The standard InChI is InChI=1S/C14H22O4S/c1-2-3-9-19(16,17)12-14(15)11-18-10-13-7-5-4-6-8-13/h4-8,14-15H,2-3,9-12H2,1H3. The molecule has 1 aromatic rings. The average molecular weight is 286 g/mol. The predicted octanol–water partition coefficient (Wildman–Crippen LogP) is 1.78. The summed E-state index contributed by atoms with van der Waals surface area (Å²) < 4.78 is 28.6. The van der Waals surface area contributed by atoms with Crippen LogP contribution in [0.4, 0.5) is 0 Å². The number of benzene rings is 1. The third kappa shape index (κ3) is 7.30. The second-order valence-corrected chi connectivity index (χ2v) is 6.85. The van der Waals surface area contributed by atoms with Crippen molar-refractivity contribution in [1.29, 1.82) is 0 Å². The smallest absolute Gasteiger partial charge is 0.152 e. The number of hydrogen-bond donors (Lipinski definition) is 1. The van der Waals surface area contributed by atoms with Gasteiger partial charge in [-0.1, -0.05) is 43.7 Å². The van der Waals surface area contributed by atoms with Crippen molar-refractivity contribution in [2.45, 2.75) is 32.5 Å². The zero-order valence-electron chi connectivity index (χ0n) is 11.3. The molecule has 0 aliphatic carbocycles. The van der Waals surface area contributed by atoms with E-state index >= 15 is 0 Å². The lowest BCUT2D eigenvalue weighted by atomic mass is 10.2. The van der Waals surface area contributed by atoms with Gasteiger partial charge in [-0.15, -0.1) is 0 Å². The summed E-state index contributed by atoms with van der Waals surface area (Å²) in [6.45, 7) is 2.36. The molecular formula is C14H22O4S. The summed E-state index contributed by atoms with van der Waals surface area (Å²) in [4.78, 5) is 0. The third-order valence-electron chi connectivity index (χ3n) is 2.68. The number of aliphatic hydroxyl groups is 1. The van der Waals surface area contributed by atoms with E-state index in [1.165, 1.54) is 0 Å². The van der Waals surface area contributed by atoms with Gasteiger partial charge in [0.05, 0.1) is 30.8 Å². The Balaban J connectivity index is 2.26. The molecule has 0 amide bonds. The molecule has 19 heavy (non-hydrogen) atoms. The van der Waals surface area contributed by atoms with Gasteiger partial charge >= 0.3 is 0 Å². The molecule has 1 unspecified atom stereocenters. The van der Waals surface area contributed by atoms with Gasteiger partial charge in [0, 0.05) is 0 Å². The molecule has 0 heterocycles. The van der Waals surface area contributed by atoms with Crippen LogP contribution in [0.15, 0.2) is 30.3 Å². The summed E-state index contributed by atoms with van der Waals surface area (Å²) in [5, 5.41) is 9.66. The fourth-order valence-electron chi connectivity index (χ4n) is 1.68. The zero-order valence-corrected chi connectivity index (χ0v) is 12.1. The van der Waals surface area contributed by atoms with E-state index in [1.54, 1.807) is 0 Å². The van der Waals surface area contributed by atoms with E-state index in [2.05, 4.69) is 0 Å². The van der Waals surface area contributed by atoms with Crippen molar-refractivity contribution >= 4 is 9.84 Å². The first-order valence-corrected chi connectivity index (χ1v) is 8.36. The van der Waals surface area contributed by atoms with Crippen molar-refractivity contribution in [2.75, 3.05) is 18.1 Å². The van der Waals surface area contributed by atoms with Gasteiger partial charge < -0.3 is 9.84 Å². The molecule has 5 heteroatoms. The lowest BCUT2D eigenvalue weighted by molar-refractivity contribution is 0.0390. The van der Waals surface area contributed by atoms with E-state index in [1.807, 2.05) is 37.3 Å². The Morgan fingerprint density at radius 1 is 1.26 bits per heavy atom. The minimum atomic E-state index is -3.17. The third-order valence-corrected chi connectivity index (χ3v) is 4.48. The van der Waals surface area contributed by atoms with E-state index < -0.39 is 15.9 Å². The predicted molar refractivity (Wildman–Crippen MR) is 75.7 cm³/mol. The normalized spacial score (nSPS) is 13.4. The highest BCUT2D eigenvalue weighted by molar-refractivity contribution is 7.91. The van der Waals surface area contributed by atoms with Crippen LogP contribution in [0.5, 0.6) is 0 Å². The van der Waals surface area contributed by atoms with E-state index in [4.69, 9.17) is 4.74 Å². The topological polar surface area (TPSA) is 63.6 Å². The largest absolute Gasteiger partial charge is 0.390 e. The summed E-state index contributed by atoms with van der Waals surface area (Å²) in [7, 11) is -3.17. The Morgan fingerprint density at radius 3 is 2.58 bits per heavy atom. The molecular weight excluding hydrogens is 264 g/mol. The Labute approximate surface area is 115 Å². The van der Waals surface area contributed by atoms with E-state index in [0.717, 1.165) is 12.0 Å². The number of ether oxygens (including phenoxy) is 1. The first-order valence-electron chi connectivity index (χ1n) is 6.53. The van der Waals surface area contributed by atoms with Crippen LogP contribution in [0.2, 0.25) is 0 Å². The number of rotatable bonds is 9. The fourth-order valence-corrected chi connectivity index (χ4v) is 3.25. The van der Waals surface area contributed by atoms with Crippen molar-refractivity contribution in [3.8, 4) is 0 Å². The number of aliphatic hydroxyl groups excluding tert-OH is 1. The van der Waals surface area contributed by atoms with E-state index in [9.17, 15) is 13.5 Å². The quantitative estimate of drug-likeness (QED) is 0.751. The minimum absolute atomic E-state index is 0.0419. The van der Waals surface area contributed by atoms with Crippen molar-refractivity contribution in [2.24, 2.45) is 0 Å². The summed E-state index contributed by atoms with van der Waals surface area (Å²) in [5.41, 5.74) is 1.00. The number of hydrogen-bond acceptors (Lipinski definition) is 4. The molecule has 0 spiro atoms. The SMILES string of the molecule is CCCCS(=O)(=O)CC(O)COCc1ccccc1. The van der Waals surface area contributed by atoms with Gasteiger partial charge in [-0.2, -0.15) is 0 Å². The molecule has 0 saturated carbocycles. The molecule has 4 nitrogen and oxygen atoms in total. The van der Waals surface area contributed by atoms with Crippen LogP contribution in [-0.4, -0.2) is 37.7 Å². The molecule has 1 atom stereocenters. The summed E-state index contributed by atoms with van der Waals surface area (Å²) >= 11 is 0. The Hall–Kier alpha value is -0.910. The molecule has 1 aromatic carbocycles. The molecule has 0 fully saturated rings. The van der Waals surface area contributed by atoms with Crippen molar-refractivity contribution in [1.82, 2.24) is 0 Å². The Kier molecular flexibility index (Phi) is 7.05. The summed E-state index contributed by atoms with van der Waals surface area (Å²) in [6, 6.07) is 9.57. The Morgan fingerprint density at radius 2 is 1.95 bits per heavy atom. The average Bonchev–Trinajstić information content (AvgIpc) is 2.37. The monoisotopic (exact) mass is 286 g/mol. The van der Waals surface area contributed by atoms with Gasteiger partial charge in [0.25, 0.3) is 0 Å². The van der Waals surface area contributed by atoms with Crippen LogP contribution in [0, 0.1) is 0 Å². The Bertz CT molecular complexity index is 442. The van der Waals surface area contributed by atoms with Crippen LogP contribution < -0.4 is 0 Å². The number of unbranched alkanes of at least 4 members (excludes halogenated alkanes) is 1. The van der Waals surface area contributed by atoms with Gasteiger partial charge in [0.1, 0.15) is 0 Å². The lowest BCUT2D eigenvalue weighted by Gasteiger charge is -2.11. The molecule has 1 N–H and O–H groups in total. The van der Waals surface area contributed by atoms with Gasteiger partial charge in [-0.3, -0.25) is 0 Å². The maximum Gasteiger partial charge on any atom is 0.152 e. The van der Waals surface area contributed by atoms with Gasteiger partial charge in [-0.05, 0) is 12.0 Å².